The Hall–Kier alpha value is -3.66. The number of anilines is 2. The van der Waals surface area contributed by atoms with Gasteiger partial charge in [0.1, 0.15) is 10.7 Å². The van der Waals surface area contributed by atoms with E-state index in [9.17, 15) is 24.4 Å². The van der Waals surface area contributed by atoms with Gasteiger partial charge in [-0.3, -0.25) is 14.9 Å². The van der Waals surface area contributed by atoms with Crippen LogP contribution >= 0.6 is 11.3 Å². The summed E-state index contributed by atoms with van der Waals surface area (Å²) in [6, 6.07) is 8.13. The molecule has 10 heteroatoms. The second-order valence-corrected chi connectivity index (χ2v) is 7.01. The smallest absolute Gasteiger partial charge is 0.279 e. The van der Waals surface area contributed by atoms with Gasteiger partial charge in [0.05, 0.1) is 15.9 Å². The zero-order valence-electron chi connectivity index (χ0n) is 14.3. The van der Waals surface area contributed by atoms with E-state index < -0.39 is 22.5 Å². The average molecular weight is 398 g/mol. The molecule has 0 aliphatic carbocycles. The number of aromatic hydroxyl groups is 1. The lowest BCUT2D eigenvalue weighted by Crippen LogP contribution is -2.26. The number of nitro groups is 1. The first kappa shape index (κ1) is 17.7. The molecule has 2 aromatic carbocycles. The number of hydrogen-bond acceptors (Lipinski definition) is 7. The van der Waals surface area contributed by atoms with Crippen molar-refractivity contribution < 1.29 is 19.2 Å². The fourth-order valence-electron chi connectivity index (χ4n) is 2.88. The summed E-state index contributed by atoms with van der Waals surface area (Å²) in [6.07, 6.45) is 0. The van der Waals surface area contributed by atoms with Crippen LogP contribution in [-0.4, -0.2) is 20.9 Å². The molecule has 2 heterocycles. The van der Waals surface area contributed by atoms with E-state index in [0.29, 0.717) is 16.6 Å². The van der Waals surface area contributed by atoms with Crippen LogP contribution in [0.2, 0.25) is 0 Å². The highest BCUT2D eigenvalue weighted by molar-refractivity contribution is 7.17. The monoisotopic (exact) mass is 398 g/mol. The van der Waals surface area contributed by atoms with Gasteiger partial charge in [-0.05, 0) is 36.8 Å². The van der Waals surface area contributed by atoms with Crippen molar-refractivity contribution in [1.82, 2.24) is 4.98 Å². The van der Waals surface area contributed by atoms with Crippen LogP contribution in [0.1, 0.15) is 10.4 Å². The highest BCUT2D eigenvalue weighted by atomic mass is 32.1. The number of carbonyl (C=O) groups is 1. The summed E-state index contributed by atoms with van der Waals surface area (Å²) in [5.41, 5.74) is 0.915. The summed E-state index contributed by atoms with van der Waals surface area (Å²) >= 11 is 0.990. The molecule has 0 atom stereocenters. The molecule has 0 unspecified atom stereocenters. The van der Waals surface area contributed by atoms with E-state index in [1.165, 1.54) is 36.4 Å². The SMILES string of the molecule is Cc1cc([N+](=O)[O-])cc2c1=NC(=O)C=2c1sc(Nc2ccc(F)cc2)nc1O. The summed E-state index contributed by atoms with van der Waals surface area (Å²) in [5, 5.41) is 25.2. The minimum Gasteiger partial charge on any atom is -0.492 e. The Bertz CT molecular complexity index is 1270. The molecule has 0 spiro atoms. The van der Waals surface area contributed by atoms with Gasteiger partial charge in [-0.25, -0.2) is 9.38 Å². The van der Waals surface area contributed by atoms with Crippen LogP contribution in [0.15, 0.2) is 41.4 Å². The third-order valence-corrected chi connectivity index (χ3v) is 5.10. The standard InChI is InChI=1S/C18H11FN4O4S/c1-8-6-11(23(26)27)7-12-13(16(24)21-14(8)12)15-17(25)22-18(28-15)20-10-4-2-9(19)3-5-10/h2-7,25H,1H3,(H,20,22). The van der Waals surface area contributed by atoms with Gasteiger partial charge in [0, 0.05) is 23.0 Å². The van der Waals surface area contributed by atoms with Gasteiger partial charge in [0.25, 0.3) is 11.6 Å². The molecule has 2 N–H and O–H groups in total. The lowest BCUT2D eigenvalue weighted by molar-refractivity contribution is -0.385. The first-order valence-corrected chi connectivity index (χ1v) is 8.80. The Labute approximate surface area is 160 Å². The van der Waals surface area contributed by atoms with Crippen molar-refractivity contribution in [2.75, 3.05) is 5.32 Å². The number of benzene rings is 2. The van der Waals surface area contributed by atoms with Crippen LogP contribution < -0.4 is 15.9 Å². The number of carbonyl (C=O) groups excluding carboxylic acids is 1. The van der Waals surface area contributed by atoms with Gasteiger partial charge in [0.2, 0.25) is 5.88 Å². The van der Waals surface area contributed by atoms with Crippen LogP contribution in [0.4, 0.5) is 20.9 Å². The van der Waals surface area contributed by atoms with Gasteiger partial charge < -0.3 is 10.4 Å². The van der Waals surface area contributed by atoms with E-state index in [0.717, 1.165) is 11.3 Å². The van der Waals surface area contributed by atoms with E-state index in [4.69, 9.17) is 0 Å². The van der Waals surface area contributed by atoms with Crippen molar-refractivity contribution in [3.8, 4) is 5.88 Å². The number of halogens is 1. The van der Waals surface area contributed by atoms with Crippen molar-refractivity contribution >= 4 is 39.3 Å². The van der Waals surface area contributed by atoms with E-state index in [-0.39, 0.29) is 26.5 Å². The van der Waals surface area contributed by atoms with Crippen LogP contribution in [0, 0.1) is 22.9 Å². The first-order chi connectivity index (χ1) is 13.3. The Morgan fingerprint density at radius 2 is 1.96 bits per heavy atom. The topological polar surface area (TPSA) is 118 Å². The van der Waals surface area contributed by atoms with Crippen molar-refractivity contribution in [3.63, 3.8) is 0 Å². The second-order valence-electron chi connectivity index (χ2n) is 6.01. The number of hydrogen-bond donors (Lipinski definition) is 2. The Morgan fingerprint density at radius 1 is 1.25 bits per heavy atom. The minimum atomic E-state index is -0.606. The molecule has 1 aliphatic heterocycles. The molecule has 1 aromatic heterocycles. The van der Waals surface area contributed by atoms with E-state index in [2.05, 4.69) is 15.3 Å². The zero-order chi connectivity index (χ0) is 20.0. The third kappa shape index (κ3) is 2.99. The molecule has 4 rings (SSSR count). The van der Waals surface area contributed by atoms with Gasteiger partial charge in [-0.15, -0.1) is 0 Å². The lowest BCUT2D eigenvalue weighted by atomic mass is 10.1. The second kappa shape index (κ2) is 6.50. The summed E-state index contributed by atoms with van der Waals surface area (Å²) in [6.45, 7) is 1.62. The number of amides is 1. The van der Waals surface area contributed by atoms with Crippen LogP contribution in [0.25, 0.3) is 5.57 Å². The van der Waals surface area contributed by atoms with Gasteiger partial charge in [0.15, 0.2) is 5.13 Å². The van der Waals surface area contributed by atoms with Gasteiger partial charge in [-0.2, -0.15) is 4.98 Å². The minimum absolute atomic E-state index is 0.0592. The molecule has 1 amide bonds. The van der Waals surface area contributed by atoms with Crippen LogP contribution in [0.5, 0.6) is 5.88 Å². The summed E-state index contributed by atoms with van der Waals surface area (Å²) in [4.78, 5) is 31.2. The molecule has 0 saturated heterocycles. The quantitative estimate of drug-likeness (QED) is 0.514. The molecular formula is C18H11FN4O4S. The van der Waals surface area contributed by atoms with E-state index in [1.807, 2.05) is 0 Å². The number of aryl methyl sites for hydroxylation is 1. The molecule has 8 nitrogen and oxygen atoms in total. The summed E-state index contributed by atoms with van der Waals surface area (Å²) in [7, 11) is 0. The number of rotatable bonds is 4. The summed E-state index contributed by atoms with van der Waals surface area (Å²) < 4.78 is 13.0. The zero-order valence-corrected chi connectivity index (χ0v) is 15.1. The molecule has 0 bridgehead atoms. The van der Waals surface area contributed by atoms with Crippen molar-refractivity contribution in [2.45, 2.75) is 6.92 Å². The van der Waals surface area contributed by atoms with Crippen molar-refractivity contribution in [3.05, 3.63) is 73.3 Å². The average Bonchev–Trinajstić information content (AvgIpc) is 3.16. The Balaban J connectivity index is 1.84. The van der Waals surface area contributed by atoms with Crippen LogP contribution in [-0.2, 0) is 4.79 Å². The Morgan fingerprint density at radius 3 is 2.64 bits per heavy atom. The molecule has 0 radical (unpaired) electrons. The van der Waals surface area contributed by atoms with Crippen LogP contribution in [0.3, 0.4) is 0 Å². The van der Waals surface area contributed by atoms with Gasteiger partial charge in [-0.1, -0.05) is 11.3 Å². The molecule has 140 valence electrons. The number of thiazole rings is 1. The number of fused-ring (bicyclic) bond motifs is 1. The molecule has 28 heavy (non-hydrogen) atoms. The number of non-ortho nitro benzene ring substituents is 1. The predicted molar refractivity (Wildman–Crippen MR) is 99.6 cm³/mol. The third-order valence-electron chi connectivity index (χ3n) is 4.12. The predicted octanol–water partition coefficient (Wildman–Crippen LogP) is 2.31. The highest BCUT2D eigenvalue weighted by Crippen LogP contribution is 2.35. The van der Waals surface area contributed by atoms with Gasteiger partial charge >= 0.3 is 0 Å². The number of nitro benzene ring substituents is 1. The largest absolute Gasteiger partial charge is 0.492 e. The van der Waals surface area contributed by atoms with E-state index >= 15 is 0 Å². The van der Waals surface area contributed by atoms with Crippen molar-refractivity contribution in [2.24, 2.45) is 4.99 Å². The van der Waals surface area contributed by atoms with Crippen molar-refractivity contribution in [1.29, 1.82) is 0 Å². The maximum Gasteiger partial charge on any atom is 0.279 e. The Kier molecular flexibility index (Phi) is 4.12. The number of aromatic nitrogens is 1. The normalized spacial score (nSPS) is 12.6. The lowest BCUT2D eigenvalue weighted by Gasteiger charge is -2.01. The first-order valence-electron chi connectivity index (χ1n) is 7.98. The fraction of sp³-hybridized carbons (Fsp3) is 0.0556. The molecule has 0 fully saturated rings. The number of nitrogens with zero attached hydrogens (tertiary/aromatic N) is 3. The number of nitrogens with one attached hydrogen (secondary N) is 1. The molecule has 1 aliphatic rings. The maximum absolute atomic E-state index is 13.0. The molecule has 0 saturated carbocycles. The molecule has 3 aromatic rings. The summed E-state index contributed by atoms with van der Waals surface area (Å²) in [5.74, 6) is -1.40. The fourth-order valence-corrected chi connectivity index (χ4v) is 3.81. The maximum atomic E-state index is 13.0. The highest BCUT2D eigenvalue weighted by Gasteiger charge is 2.27. The molecular weight excluding hydrogens is 387 g/mol. The van der Waals surface area contributed by atoms with E-state index in [1.54, 1.807) is 6.92 Å².